The summed E-state index contributed by atoms with van der Waals surface area (Å²) in [5, 5.41) is 2.90. The van der Waals surface area contributed by atoms with Crippen LogP contribution in [0.4, 0.5) is 18.4 Å². The molecule has 49 heavy (non-hydrogen) atoms. The Kier molecular flexibility index (Phi) is 10.5. The molecule has 0 saturated carbocycles. The first-order valence-electron chi connectivity index (χ1n) is 15.8. The van der Waals surface area contributed by atoms with Crippen LogP contribution in [0.3, 0.4) is 0 Å². The highest BCUT2D eigenvalue weighted by Gasteiger charge is 2.40. The summed E-state index contributed by atoms with van der Waals surface area (Å²) < 4.78 is 41.4. The normalized spacial score (nSPS) is 18.1. The fraction of sp³-hybridized carbons (Fsp3) is 0.441. The summed E-state index contributed by atoms with van der Waals surface area (Å²) in [5.41, 5.74) is 0.268. The maximum Gasteiger partial charge on any atom is 0.415 e. The molecular weight excluding hydrogens is 664 g/mol. The number of Topliss-reactive ketones (excluding diaryl/α,β-unsaturated/α-hetero) is 1. The Labute approximate surface area is 286 Å². The Morgan fingerprint density at radius 3 is 2.33 bits per heavy atom. The molecule has 0 radical (unpaired) electrons. The fourth-order valence-electron chi connectivity index (χ4n) is 5.85. The van der Waals surface area contributed by atoms with E-state index in [2.05, 4.69) is 5.32 Å². The third-order valence-electron chi connectivity index (χ3n) is 8.29. The van der Waals surface area contributed by atoms with Crippen molar-refractivity contribution in [3.8, 4) is 5.75 Å². The van der Waals surface area contributed by atoms with Crippen molar-refractivity contribution in [2.24, 2.45) is 0 Å². The van der Waals surface area contributed by atoms with Crippen LogP contribution in [-0.2, 0) is 27.4 Å². The smallest absolute Gasteiger partial charge is 0.415 e. The minimum absolute atomic E-state index is 0.0994. The van der Waals surface area contributed by atoms with Gasteiger partial charge in [-0.05, 0) is 52.0 Å². The van der Waals surface area contributed by atoms with Crippen LogP contribution in [0.25, 0.3) is 10.9 Å². The third kappa shape index (κ3) is 8.30. The Hall–Kier alpha value is -4.72. The first-order valence-corrected chi connectivity index (χ1v) is 16.2. The second-order valence-electron chi connectivity index (χ2n) is 13.1. The highest BCUT2D eigenvalue weighted by atomic mass is 35.5. The fourth-order valence-corrected chi connectivity index (χ4v) is 6.04. The number of amides is 4. The summed E-state index contributed by atoms with van der Waals surface area (Å²) in [4.78, 5) is 68.5. The molecule has 2 aromatic carbocycles. The SMILES string of the molecule is CC(=O)c1cn(CC(=O)N2C[C@H](F)C[C@H]2C(=O)NCc2cccc(Cl)c2F)c2ccc(OC(=O)N3CCN(C(=O)OC(C)(C)C)CC3)cc12. The lowest BCUT2D eigenvalue weighted by Gasteiger charge is -2.35. The average Bonchev–Trinajstić information content (AvgIpc) is 3.61. The second-order valence-corrected chi connectivity index (χ2v) is 13.5. The zero-order valence-corrected chi connectivity index (χ0v) is 28.4. The van der Waals surface area contributed by atoms with Crippen molar-refractivity contribution in [3.63, 3.8) is 0 Å². The molecule has 0 bridgehead atoms. The first kappa shape index (κ1) is 35.6. The number of carbonyl (C=O) groups excluding carboxylic acids is 5. The molecule has 0 spiro atoms. The van der Waals surface area contributed by atoms with Gasteiger partial charge in [-0.1, -0.05) is 23.7 Å². The number of halogens is 3. The van der Waals surface area contributed by atoms with E-state index in [1.807, 2.05) is 0 Å². The number of rotatable bonds is 7. The molecule has 0 unspecified atom stereocenters. The molecule has 1 aromatic heterocycles. The van der Waals surface area contributed by atoms with Gasteiger partial charge in [0.1, 0.15) is 35.9 Å². The summed E-state index contributed by atoms with van der Waals surface area (Å²) in [7, 11) is 0. The lowest BCUT2D eigenvalue weighted by Crippen LogP contribution is -2.52. The standard InChI is InChI=1S/C34H38ClF2N5O7/c1-20(43)25-18-41(19-29(44)42-17-22(36)14-28(42)31(45)38-16-21-6-5-7-26(35)30(21)37)27-9-8-23(15-24(25)27)48-32(46)39-10-12-40(13-11-39)33(47)49-34(2,3)4/h5-9,15,18,22,28H,10-14,16-17,19H2,1-4H3,(H,38,45)/t22-,28+/m1/s1. The van der Waals surface area contributed by atoms with Crippen LogP contribution in [-0.4, -0.2) is 99.6 Å². The van der Waals surface area contributed by atoms with Crippen LogP contribution in [0.5, 0.6) is 5.75 Å². The molecule has 2 saturated heterocycles. The number of piperazine rings is 1. The number of ether oxygens (including phenoxy) is 2. The zero-order valence-electron chi connectivity index (χ0n) is 27.6. The largest absolute Gasteiger partial charge is 0.444 e. The van der Waals surface area contributed by atoms with E-state index in [-0.39, 0.29) is 79.9 Å². The van der Waals surface area contributed by atoms with Gasteiger partial charge in [-0.2, -0.15) is 0 Å². The van der Waals surface area contributed by atoms with Crippen molar-refractivity contribution >= 4 is 52.3 Å². The van der Waals surface area contributed by atoms with Gasteiger partial charge in [-0.15, -0.1) is 0 Å². The number of benzene rings is 2. The number of hydrogen-bond donors (Lipinski definition) is 1. The van der Waals surface area contributed by atoms with Gasteiger partial charge in [0.2, 0.25) is 11.8 Å². The number of ketones is 1. The minimum Gasteiger partial charge on any atom is -0.444 e. The van der Waals surface area contributed by atoms with Gasteiger partial charge in [0.15, 0.2) is 5.78 Å². The van der Waals surface area contributed by atoms with Crippen LogP contribution < -0.4 is 10.1 Å². The number of nitrogens with one attached hydrogen (secondary N) is 1. The predicted octanol–water partition coefficient (Wildman–Crippen LogP) is 4.94. The Balaban J connectivity index is 1.25. The van der Waals surface area contributed by atoms with Crippen LogP contribution in [0.2, 0.25) is 5.02 Å². The van der Waals surface area contributed by atoms with Crippen LogP contribution in [0.15, 0.2) is 42.6 Å². The molecule has 15 heteroatoms. The van der Waals surface area contributed by atoms with Gasteiger partial charge in [0, 0.05) is 67.4 Å². The molecule has 262 valence electrons. The van der Waals surface area contributed by atoms with Gasteiger partial charge < -0.3 is 34.1 Å². The number of aromatic nitrogens is 1. The van der Waals surface area contributed by atoms with Gasteiger partial charge in [-0.3, -0.25) is 14.4 Å². The molecule has 2 fully saturated rings. The van der Waals surface area contributed by atoms with E-state index in [0.717, 1.165) is 4.90 Å². The number of carbonyl (C=O) groups is 5. The first-order chi connectivity index (χ1) is 23.1. The van der Waals surface area contributed by atoms with Gasteiger partial charge >= 0.3 is 12.2 Å². The van der Waals surface area contributed by atoms with Crippen molar-refractivity contribution in [3.05, 3.63) is 64.6 Å². The molecule has 2 atom stereocenters. The summed E-state index contributed by atoms with van der Waals surface area (Å²) in [6, 6.07) is 7.92. The van der Waals surface area contributed by atoms with Crippen molar-refractivity contribution in [2.45, 2.75) is 65.0 Å². The molecule has 12 nitrogen and oxygen atoms in total. The van der Waals surface area contributed by atoms with E-state index in [4.69, 9.17) is 21.1 Å². The minimum atomic E-state index is -1.44. The van der Waals surface area contributed by atoms with Crippen LogP contribution in [0, 0.1) is 5.82 Å². The van der Waals surface area contributed by atoms with E-state index in [1.165, 1.54) is 57.8 Å². The summed E-state index contributed by atoms with van der Waals surface area (Å²) >= 11 is 5.82. The Morgan fingerprint density at radius 2 is 1.67 bits per heavy atom. The zero-order chi connectivity index (χ0) is 35.6. The third-order valence-corrected chi connectivity index (χ3v) is 8.58. The predicted molar refractivity (Wildman–Crippen MR) is 176 cm³/mol. The highest BCUT2D eigenvalue weighted by molar-refractivity contribution is 6.30. The lowest BCUT2D eigenvalue weighted by atomic mass is 10.1. The van der Waals surface area contributed by atoms with Crippen LogP contribution in [0.1, 0.15) is 50.0 Å². The molecule has 4 amide bonds. The number of alkyl halides is 1. The van der Waals surface area contributed by atoms with Gasteiger partial charge in [0.05, 0.1) is 11.6 Å². The van der Waals surface area contributed by atoms with E-state index >= 15 is 0 Å². The number of nitrogens with zero attached hydrogens (tertiary/aromatic N) is 4. The highest BCUT2D eigenvalue weighted by Crippen LogP contribution is 2.29. The summed E-state index contributed by atoms with van der Waals surface area (Å²) in [5.74, 6) is -1.99. The van der Waals surface area contributed by atoms with Crippen molar-refractivity contribution < 1.29 is 42.2 Å². The van der Waals surface area contributed by atoms with E-state index in [0.29, 0.717) is 10.9 Å². The number of likely N-dealkylation sites (tertiary alicyclic amines) is 1. The van der Waals surface area contributed by atoms with Crippen molar-refractivity contribution in [2.75, 3.05) is 32.7 Å². The maximum absolute atomic E-state index is 14.6. The van der Waals surface area contributed by atoms with E-state index in [1.54, 1.807) is 26.8 Å². The number of fused-ring (bicyclic) bond motifs is 1. The number of hydrogen-bond acceptors (Lipinski definition) is 7. The molecule has 3 aromatic rings. The Morgan fingerprint density at radius 1 is 1.00 bits per heavy atom. The Bertz CT molecular complexity index is 1780. The average molecular weight is 702 g/mol. The molecule has 0 aliphatic carbocycles. The summed E-state index contributed by atoms with van der Waals surface area (Å²) in [6.07, 6.45) is -1.24. The summed E-state index contributed by atoms with van der Waals surface area (Å²) in [6.45, 7) is 6.93. The quantitative estimate of drug-likeness (QED) is 0.346. The second kappa shape index (κ2) is 14.4. The molecule has 2 aliphatic heterocycles. The van der Waals surface area contributed by atoms with E-state index in [9.17, 15) is 32.8 Å². The maximum atomic E-state index is 14.6. The monoisotopic (exact) mass is 701 g/mol. The topological polar surface area (TPSA) is 130 Å². The molecule has 5 rings (SSSR count). The molecule has 2 aliphatic rings. The van der Waals surface area contributed by atoms with Gasteiger partial charge in [-0.25, -0.2) is 18.4 Å². The van der Waals surface area contributed by atoms with Crippen molar-refractivity contribution in [1.29, 1.82) is 0 Å². The lowest BCUT2D eigenvalue weighted by molar-refractivity contribution is -0.139. The van der Waals surface area contributed by atoms with Gasteiger partial charge in [0.25, 0.3) is 0 Å². The molecular formula is C34H38ClF2N5O7. The van der Waals surface area contributed by atoms with Crippen molar-refractivity contribution in [1.82, 2.24) is 24.6 Å². The molecule has 3 heterocycles. The van der Waals surface area contributed by atoms with E-state index < -0.39 is 47.6 Å². The van der Waals surface area contributed by atoms with Crippen LogP contribution >= 0.6 is 11.6 Å². The molecule has 1 N–H and O–H groups in total.